The zero-order chi connectivity index (χ0) is 14.1. The summed E-state index contributed by atoms with van der Waals surface area (Å²) in [7, 11) is 0. The Kier molecular flexibility index (Phi) is 6.70. The lowest BCUT2D eigenvalue weighted by atomic mass is 10.1. The molecule has 0 aromatic heterocycles. The van der Waals surface area contributed by atoms with Gasteiger partial charge in [-0.3, -0.25) is 10.1 Å². The van der Waals surface area contributed by atoms with Gasteiger partial charge in [-0.25, -0.2) is 0 Å². The SMILES string of the molecule is C#CCNCC(=O)N(CCC)Cc1ccc(C)cc1. The Morgan fingerprint density at radius 2 is 2.05 bits per heavy atom. The van der Waals surface area contributed by atoms with Crippen LogP contribution in [0.1, 0.15) is 24.5 Å². The minimum atomic E-state index is 0.0951. The van der Waals surface area contributed by atoms with E-state index in [1.54, 1.807) is 0 Å². The average Bonchev–Trinajstić information content (AvgIpc) is 2.41. The quantitative estimate of drug-likeness (QED) is 0.599. The van der Waals surface area contributed by atoms with Crippen molar-refractivity contribution in [1.82, 2.24) is 10.2 Å². The van der Waals surface area contributed by atoms with Crippen molar-refractivity contribution < 1.29 is 4.79 Å². The molecule has 0 aliphatic carbocycles. The van der Waals surface area contributed by atoms with Crippen molar-refractivity contribution in [3.8, 4) is 12.3 Å². The van der Waals surface area contributed by atoms with Gasteiger partial charge in [0.1, 0.15) is 0 Å². The van der Waals surface area contributed by atoms with Crippen LogP contribution in [0.15, 0.2) is 24.3 Å². The monoisotopic (exact) mass is 258 g/mol. The summed E-state index contributed by atoms with van der Waals surface area (Å²) in [6.45, 7) is 6.29. The Morgan fingerprint density at radius 3 is 2.63 bits per heavy atom. The maximum atomic E-state index is 12.1. The lowest BCUT2D eigenvalue weighted by molar-refractivity contribution is -0.130. The second-order valence-electron chi connectivity index (χ2n) is 4.61. The maximum Gasteiger partial charge on any atom is 0.236 e. The van der Waals surface area contributed by atoms with Crippen LogP contribution in [0.4, 0.5) is 0 Å². The molecule has 0 atom stereocenters. The van der Waals surface area contributed by atoms with Crippen molar-refractivity contribution >= 4 is 5.91 Å². The largest absolute Gasteiger partial charge is 0.337 e. The first-order valence-electron chi connectivity index (χ1n) is 6.65. The molecular formula is C16H22N2O. The fraction of sp³-hybridized carbons (Fsp3) is 0.438. The van der Waals surface area contributed by atoms with Gasteiger partial charge in [0, 0.05) is 13.1 Å². The van der Waals surface area contributed by atoms with Gasteiger partial charge in [0.25, 0.3) is 0 Å². The Hall–Kier alpha value is -1.79. The molecule has 1 amide bonds. The number of hydrogen-bond donors (Lipinski definition) is 1. The fourth-order valence-electron chi connectivity index (χ4n) is 1.83. The minimum absolute atomic E-state index is 0.0951. The Morgan fingerprint density at radius 1 is 1.37 bits per heavy atom. The van der Waals surface area contributed by atoms with E-state index in [2.05, 4.69) is 49.4 Å². The number of hydrogen-bond acceptors (Lipinski definition) is 2. The van der Waals surface area contributed by atoms with Crippen molar-refractivity contribution in [1.29, 1.82) is 0 Å². The van der Waals surface area contributed by atoms with E-state index in [0.29, 0.717) is 19.6 Å². The molecular weight excluding hydrogens is 236 g/mol. The molecule has 0 saturated heterocycles. The molecule has 0 radical (unpaired) electrons. The lowest BCUT2D eigenvalue weighted by Gasteiger charge is -2.22. The van der Waals surface area contributed by atoms with Crippen molar-refractivity contribution in [3.63, 3.8) is 0 Å². The number of amides is 1. The van der Waals surface area contributed by atoms with Crippen LogP contribution in [0.25, 0.3) is 0 Å². The van der Waals surface area contributed by atoms with Crippen LogP contribution in [0, 0.1) is 19.3 Å². The molecule has 0 saturated carbocycles. The molecule has 0 heterocycles. The van der Waals surface area contributed by atoms with Gasteiger partial charge >= 0.3 is 0 Å². The van der Waals surface area contributed by atoms with E-state index in [4.69, 9.17) is 6.42 Å². The molecule has 1 aromatic rings. The number of rotatable bonds is 7. The molecule has 0 unspecified atom stereocenters. The van der Waals surface area contributed by atoms with Gasteiger partial charge in [-0.2, -0.15) is 0 Å². The molecule has 0 aliphatic rings. The second-order valence-corrected chi connectivity index (χ2v) is 4.61. The van der Waals surface area contributed by atoms with E-state index in [1.165, 1.54) is 5.56 Å². The van der Waals surface area contributed by atoms with E-state index in [0.717, 1.165) is 18.5 Å². The van der Waals surface area contributed by atoms with E-state index in [-0.39, 0.29) is 5.91 Å². The number of aryl methyl sites for hydroxylation is 1. The maximum absolute atomic E-state index is 12.1. The highest BCUT2D eigenvalue weighted by molar-refractivity contribution is 5.78. The van der Waals surface area contributed by atoms with Gasteiger partial charge in [0.15, 0.2) is 0 Å². The van der Waals surface area contributed by atoms with Crippen molar-refractivity contribution in [3.05, 3.63) is 35.4 Å². The van der Waals surface area contributed by atoms with Crippen LogP contribution >= 0.6 is 0 Å². The summed E-state index contributed by atoms with van der Waals surface area (Å²) in [5, 5.41) is 2.94. The van der Waals surface area contributed by atoms with Gasteiger partial charge in [-0.15, -0.1) is 6.42 Å². The van der Waals surface area contributed by atoms with Crippen LogP contribution in [0.2, 0.25) is 0 Å². The molecule has 0 spiro atoms. The summed E-state index contributed by atoms with van der Waals surface area (Å²) in [6.07, 6.45) is 6.10. The number of nitrogens with zero attached hydrogens (tertiary/aromatic N) is 1. The van der Waals surface area contributed by atoms with Crippen LogP contribution in [-0.4, -0.2) is 30.4 Å². The van der Waals surface area contributed by atoms with Crippen LogP contribution in [0.3, 0.4) is 0 Å². The van der Waals surface area contributed by atoms with Crippen molar-refractivity contribution in [2.24, 2.45) is 0 Å². The van der Waals surface area contributed by atoms with Crippen molar-refractivity contribution in [2.45, 2.75) is 26.8 Å². The molecule has 1 N–H and O–H groups in total. The molecule has 19 heavy (non-hydrogen) atoms. The Bertz CT molecular complexity index is 431. The minimum Gasteiger partial charge on any atom is -0.337 e. The first kappa shape index (κ1) is 15.3. The summed E-state index contributed by atoms with van der Waals surface area (Å²) in [6, 6.07) is 8.28. The van der Waals surface area contributed by atoms with Gasteiger partial charge in [-0.05, 0) is 18.9 Å². The van der Waals surface area contributed by atoms with Gasteiger partial charge in [0.2, 0.25) is 5.91 Å². The normalized spacial score (nSPS) is 9.95. The summed E-state index contributed by atoms with van der Waals surface area (Å²) in [4.78, 5) is 13.9. The zero-order valence-electron chi connectivity index (χ0n) is 11.8. The summed E-state index contributed by atoms with van der Waals surface area (Å²) >= 11 is 0. The smallest absolute Gasteiger partial charge is 0.236 e. The number of nitrogens with one attached hydrogen (secondary N) is 1. The lowest BCUT2D eigenvalue weighted by Crippen LogP contribution is -2.38. The van der Waals surface area contributed by atoms with Crippen LogP contribution in [-0.2, 0) is 11.3 Å². The third-order valence-corrected chi connectivity index (χ3v) is 2.84. The topological polar surface area (TPSA) is 32.3 Å². The highest BCUT2D eigenvalue weighted by atomic mass is 16.2. The van der Waals surface area contributed by atoms with Gasteiger partial charge < -0.3 is 4.90 Å². The molecule has 1 rings (SSSR count). The number of benzene rings is 1. The summed E-state index contributed by atoms with van der Waals surface area (Å²) < 4.78 is 0. The van der Waals surface area contributed by atoms with E-state index < -0.39 is 0 Å². The first-order chi connectivity index (χ1) is 9.17. The zero-order valence-corrected chi connectivity index (χ0v) is 11.8. The van der Waals surface area contributed by atoms with Crippen LogP contribution in [0.5, 0.6) is 0 Å². The fourth-order valence-corrected chi connectivity index (χ4v) is 1.83. The second kappa shape index (κ2) is 8.34. The first-order valence-corrected chi connectivity index (χ1v) is 6.65. The molecule has 0 bridgehead atoms. The summed E-state index contributed by atoms with van der Waals surface area (Å²) in [5.41, 5.74) is 2.39. The Labute approximate surface area is 116 Å². The van der Waals surface area contributed by atoms with Gasteiger partial charge in [-0.1, -0.05) is 42.7 Å². The number of carbonyl (C=O) groups excluding carboxylic acids is 1. The third kappa shape index (κ3) is 5.58. The standard InChI is InChI=1S/C16H22N2O/c1-4-10-17-12-16(19)18(11-5-2)13-15-8-6-14(3)7-9-15/h1,6-9,17H,5,10-13H2,2-3H3. The molecule has 3 nitrogen and oxygen atoms in total. The van der Waals surface area contributed by atoms with Crippen LogP contribution < -0.4 is 5.32 Å². The molecule has 0 aliphatic heterocycles. The molecule has 3 heteroatoms. The Balaban J connectivity index is 2.59. The highest BCUT2D eigenvalue weighted by Crippen LogP contribution is 2.07. The van der Waals surface area contributed by atoms with E-state index >= 15 is 0 Å². The van der Waals surface area contributed by atoms with E-state index in [1.807, 2.05) is 4.90 Å². The van der Waals surface area contributed by atoms with E-state index in [9.17, 15) is 4.79 Å². The summed E-state index contributed by atoms with van der Waals surface area (Å²) in [5.74, 6) is 2.56. The highest BCUT2D eigenvalue weighted by Gasteiger charge is 2.12. The average molecular weight is 258 g/mol. The number of terminal acetylenes is 1. The number of carbonyl (C=O) groups is 1. The molecule has 1 aromatic carbocycles. The third-order valence-electron chi connectivity index (χ3n) is 2.84. The van der Waals surface area contributed by atoms with Gasteiger partial charge in [0.05, 0.1) is 13.1 Å². The predicted octanol–water partition coefficient (Wildman–Crippen LogP) is 1.96. The predicted molar refractivity (Wildman–Crippen MR) is 78.6 cm³/mol. The molecule has 102 valence electrons. The molecule has 0 fully saturated rings. The van der Waals surface area contributed by atoms with Crippen molar-refractivity contribution in [2.75, 3.05) is 19.6 Å².